The van der Waals surface area contributed by atoms with Crippen molar-refractivity contribution in [2.24, 2.45) is 10.9 Å². The van der Waals surface area contributed by atoms with Crippen LogP contribution in [0.15, 0.2) is 16.0 Å². The molecule has 0 aromatic heterocycles. The minimum Gasteiger partial charge on any atom is -0.317 e. The van der Waals surface area contributed by atoms with Crippen LogP contribution in [0.2, 0.25) is 0 Å². The van der Waals surface area contributed by atoms with E-state index in [0.29, 0.717) is 0 Å². The fraction of sp³-hybridized carbons (Fsp3) is 0.429. The monoisotopic (exact) mass is 168 g/mol. The van der Waals surface area contributed by atoms with Gasteiger partial charge in [-0.05, 0) is 11.8 Å². The first-order chi connectivity index (χ1) is 5.27. The first-order valence-electron chi connectivity index (χ1n) is 3.44. The summed E-state index contributed by atoms with van der Waals surface area (Å²) in [5.41, 5.74) is 0. The molecule has 0 aromatic carbocycles. The highest BCUT2D eigenvalue weighted by atomic mass is 32.2. The van der Waals surface area contributed by atoms with Gasteiger partial charge >= 0.3 is 0 Å². The molecule has 0 bridgehead atoms. The molecular formula is C7H8N2OS. The molecule has 0 saturated carbocycles. The lowest BCUT2D eigenvalue weighted by Gasteiger charge is -2.16. The van der Waals surface area contributed by atoms with Gasteiger partial charge < -0.3 is 5.32 Å². The number of rotatable bonds is 0. The van der Waals surface area contributed by atoms with Gasteiger partial charge in [0.05, 0.1) is 12.3 Å². The summed E-state index contributed by atoms with van der Waals surface area (Å²) in [4.78, 5) is 16.5. The Morgan fingerprint density at radius 2 is 2.55 bits per heavy atom. The molecule has 2 aliphatic heterocycles. The molecule has 2 atom stereocenters. The Morgan fingerprint density at radius 3 is 3.27 bits per heavy atom. The van der Waals surface area contributed by atoms with Gasteiger partial charge in [-0.3, -0.25) is 9.79 Å². The molecule has 58 valence electrons. The number of nitrogens with zero attached hydrogens (tertiary/aromatic N) is 1. The Morgan fingerprint density at radius 1 is 1.73 bits per heavy atom. The number of thioether (sulfide) groups is 1. The lowest BCUT2D eigenvalue weighted by atomic mass is 10.1. The van der Waals surface area contributed by atoms with Crippen molar-refractivity contribution in [2.75, 3.05) is 0 Å². The molecule has 1 N–H and O–H groups in total. The summed E-state index contributed by atoms with van der Waals surface area (Å²) in [5, 5.41) is 2.69. The van der Waals surface area contributed by atoms with Gasteiger partial charge in [0.25, 0.3) is 0 Å². The number of fused-ring (bicyclic) bond motifs is 1. The number of hydrogen-bond acceptors (Lipinski definition) is 3. The van der Waals surface area contributed by atoms with E-state index in [1.165, 1.54) is 11.2 Å². The minimum absolute atomic E-state index is 0.0370. The summed E-state index contributed by atoms with van der Waals surface area (Å²) in [5.74, 6) is 0.0272. The van der Waals surface area contributed by atoms with E-state index in [9.17, 15) is 4.79 Å². The smallest absolute Gasteiger partial charge is 0.235 e. The van der Waals surface area contributed by atoms with E-state index >= 15 is 0 Å². The standard InChI is InChI=1S/C7H8N2OS/c1-4-2-5-6(10)8-3-9-7(5)11-4/h2-3,5,7H,1H3,(H,8,9,10). The van der Waals surface area contributed by atoms with E-state index in [4.69, 9.17) is 0 Å². The van der Waals surface area contributed by atoms with Crippen LogP contribution in [-0.4, -0.2) is 17.6 Å². The van der Waals surface area contributed by atoms with E-state index in [0.717, 1.165) is 0 Å². The van der Waals surface area contributed by atoms with Crippen LogP contribution in [0, 0.1) is 5.92 Å². The highest BCUT2D eigenvalue weighted by molar-refractivity contribution is 8.03. The average Bonchev–Trinajstić information content (AvgIpc) is 2.31. The average molecular weight is 168 g/mol. The summed E-state index contributed by atoms with van der Waals surface area (Å²) in [6.45, 7) is 2.01. The van der Waals surface area contributed by atoms with Crippen LogP contribution in [0.1, 0.15) is 6.92 Å². The zero-order valence-electron chi connectivity index (χ0n) is 6.07. The Hall–Kier alpha value is -0.770. The van der Waals surface area contributed by atoms with Gasteiger partial charge in [-0.1, -0.05) is 6.08 Å². The molecule has 0 saturated heterocycles. The molecule has 0 aromatic rings. The van der Waals surface area contributed by atoms with Crippen LogP contribution in [0.5, 0.6) is 0 Å². The Kier molecular flexibility index (Phi) is 1.49. The largest absolute Gasteiger partial charge is 0.317 e. The maximum absolute atomic E-state index is 11.2. The SMILES string of the molecule is CC1=CC2C(=O)NC=NC2S1. The van der Waals surface area contributed by atoms with Crippen LogP contribution in [0.25, 0.3) is 0 Å². The van der Waals surface area contributed by atoms with E-state index < -0.39 is 0 Å². The molecule has 0 spiro atoms. The molecule has 0 radical (unpaired) electrons. The van der Waals surface area contributed by atoms with Crippen molar-refractivity contribution in [3.8, 4) is 0 Å². The van der Waals surface area contributed by atoms with Crippen LogP contribution < -0.4 is 5.32 Å². The molecule has 1 amide bonds. The predicted molar refractivity (Wildman–Crippen MR) is 45.3 cm³/mol. The number of hydrogen-bond donors (Lipinski definition) is 1. The van der Waals surface area contributed by atoms with Gasteiger partial charge in [-0.15, -0.1) is 11.8 Å². The number of allylic oxidation sites excluding steroid dienone is 1. The van der Waals surface area contributed by atoms with Crippen molar-refractivity contribution in [2.45, 2.75) is 12.3 Å². The molecule has 2 aliphatic rings. The van der Waals surface area contributed by atoms with Gasteiger partial charge in [-0.2, -0.15) is 0 Å². The second-order valence-corrected chi connectivity index (χ2v) is 3.96. The van der Waals surface area contributed by atoms with Crippen molar-refractivity contribution < 1.29 is 4.79 Å². The van der Waals surface area contributed by atoms with Crippen LogP contribution in [0.3, 0.4) is 0 Å². The third-order valence-electron chi connectivity index (χ3n) is 1.76. The molecule has 0 aliphatic carbocycles. The summed E-state index contributed by atoms with van der Waals surface area (Å²) in [6.07, 6.45) is 3.46. The van der Waals surface area contributed by atoms with Crippen LogP contribution in [-0.2, 0) is 4.79 Å². The number of nitrogens with one attached hydrogen (secondary N) is 1. The van der Waals surface area contributed by atoms with E-state index in [2.05, 4.69) is 10.3 Å². The summed E-state index contributed by atoms with van der Waals surface area (Å²) in [6, 6.07) is 0. The Bertz CT molecular complexity index is 259. The van der Waals surface area contributed by atoms with Crippen LogP contribution in [0.4, 0.5) is 0 Å². The fourth-order valence-corrected chi connectivity index (χ4v) is 2.31. The third-order valence-corrected chi connectivity index (χ3v) is 2.92. The predicted octanol–water partition coefficient (Wildman–Crippen LogP) is 0.737. The lowest BCUT2D eigenvalue weighted by molar-refractivity contribution is -0.122. The normalized spacial score (nSPS) is 34.6. The van der Waals surface area contributed by atoms with Gasteiger partial charge in [0.1, 0.15) is 5.37 Å². The van der Waals surface area contributed by atoms with E-state index in [1.54, 1.807) is 11.8 Å². The summed E-state index contributed by atoms with van der Waals surface area (Å²) in [7, 11) is 0. The Labute approximate surface area is 69.0 Å². The first-order valence-corrected chi connectivity index (χ1v) is 4.32. The minimum atomic E-state index is -0.0370. The fourth-order valence-electron chi connectivity index (χ4n) is 1.24. The molecule has 4 heteroatoms. The van der Waals surface area contributed by atoms with Gasteiger partial charge in [0.15, 0.2) is 0 Å². The third kappa shape index (κ3) is 1.07. The molecule has 3 nitrogen and oxygen atoms in total. The maximum atomic E-state index is 11.2. The zero-order chi connectivity index (χ0) is 7.84. The summed E-state index contributed by atoms with van der Waals surface area (Å²) >= 11 is 1.66. The van der Waals surface area contributed by atoms with E-state index in [1.807, 2.05) is 13.0 Å². The van der Waals surface area contributed by atoms with Gasteiger partial charge in [-0.25, -0.2) is 0 Å². The first kappa shape index (κ1) is 6.91. The van der Waals surface area contributed by atoms with Crippen molar-refractivity contribution in [1.29, 1.82) is 0 Å². The maximum Gasteiger partial charge on any atom is 0.235 e. The highest BCUT2D eigenvalue weighted by Crippen LogP contribution is 2.37. The quantitative estimate of drug-likeness (QED) is 0.579. The summed E-state index contributed by atoms with van der Waals surface area (Å²) < 4.78 is 0. The number of carbonyl (C=O) groups excluding carboxylic acids is 1. The Balaban J connectivity index is 2.28. The van der Waals surface area contributed by atoms with Crippen molar-refractivity contribution in [1.82, 2.24) is 5.32 Å². The second-order valence-electron chi connectivity index (χ2n) is 2.60. The molecule has 2 heterocycles. The molecule has 0 fully saturated rings. The topological polar surface area (TPSA) is 41.5 Å². The molecule has 11 heavy (non-hydrogen) atoms. The van der Waals surface area contributed by atoms with Crippen LogP contribution >= 0.6 is 11.8 Å². The van der Waals surface area contributed by atoms with Gasteiger partial charge in [0, 0.05) is 0 Å². The van der Waals surface area contributed by atoms with Crippen molar-refractivity contribution >= 4 is 24.0 Å². The lowest BCUT2D eigenvalue weighted by Crippen LogP contribution is -2.36. The second kappa shape index (κ2) is 2.37. The van der Waals surface area contributed by atoms with Gasteiger partial charge in [0.2, 0.25) is 5.91 Å². The molecular weight excluding hydrogens is 160 g/mol. The number of aliphatic imine (C=N–C) groups is 1. The molecule has 2 unspecified atom stereocenters. The molecule has 2 rings (SSSR count). The number of carbonyl (C=O) groups is 1. The van der Waals surface area contributed by atoms with Crippen molar-refractivity contribution in [3.63, 3.8) is 0 Å². The number of amides is 1. The van der Waals surface area contributed by atoms with E-state index in [-0.39, 0.29) is 17.2 Å². The van der Waals surface area contributed by atoms with Crippen molar-refractivity contribution in [3.05, 3.63) is 11.0 Å². The zero-order valence-corrected chi connectivity index (χ0v) is 6.89. The highest BCUT2D eigenvalue weighted by Gasteiger charge is 2.33.